The van der Waals surface area contributed by atoms with E-state index in [1.54, 1.807) is 0 Å². The summed E-state index contributed by atoms with van der Waals surface area (Å²) >= 11 is 0. The second-order valence-corrected chi connectivity index (χ2v) is 5.67. The Morgan fingerprint density at radius 2 is 1.61 bits per heavy atom. The fourth-order valence-electron chi connectivity index (χ4n) is 2.73. The zero-order valence-corrected chi connectivity index (χ0v) is 12.4. The van der Waals surface area contributed by atoms with Crippen molar-refractivity contribution in [3.8, 4) is 0 Å². The van der Waals surface area contributed by atoms with E-state index in [4.69, 9.17) is 4.74 Å². The summed E-state index contributed by atoms with van der Waals surface area (Å²) in [5.74, 6) is 0. The van der Waals surface area contributed by atoms with Gasteiger partial charge in [-0.25, -0.2) is 0 Å². The maximum atomic E-state index is 5.67. The van der Waals surface area contributed by atoms with Crippen molar-refractivity contribution in [2.24, 2.45) is 0 Å². The Morgan fingerprint density at radius 3 is 2.33 bits per heavy atom. The monoisotopic (exact) mass is 255 g/mol. The minimum Gasteiger partial charge on any atom is -0.380 e. The number of ether oxygens (including phenoxy) is 1. The van der Waals surface area contributed by atoms with Crippen molar-refractivity contribution in [1.82, 2.24) is 5.32 Å². The predicted octanol–water partition coefficient (Wildman–Crippen LogP) is 4.29. The van der Waals surface area contributed by atoms with Gasteiger partial charge in [-0.1, -0.05) is 58.3 Å². The van der Waals surface area contributed by atoms with Crippen LogP contribution in [-0.2, 0) is 4.74 Å². The summed E-state index contributed by atoms with van der Waals surface area (Å²) in [5, 5.41) is 3.65. The van der Waals surface area contributed by atoms with E-state index >= 15 is 0 Å². The van der Waals surface area contributed by atoms with Crippen molar-refractivity contribution < 1.29 is 4.74 Å². The molecule has 1 saturated carbocycles. The van der Waals surface area contributed by atoms with Gasteiger partial charge in [0.15, 0.2) is 0 Å². The van der Waals surface area contributed by atoms with Crippen LogP contribution in [0.3, 0.4) is 0 Å². The highest BCUT2D eigenvalue weighted by atomic mass is 16.5. The summed E-state index contributed by atoms with van der Waals surface area (Å²) in [6.45, 7) is 5.15. The first-order valence-corrected chi connectivity index (χ1v) is 8.24. The molecule has 108 valence electrons. The summed E-state index contributed by atoms with van der Waals surface area (Å²) in [6, 6.07) is 0.764. The Bertz CT molecular complexity index is 164. The molecule has 0 aromatic carbocycles. The van der Waals surface area contributed by atoms with E-state index in [0.717, 1.165) is 25.8 Å². The summed E-state index contributed by atoms with van der Waals surface area (Å²) in [5.41, 5.74) is 0. The molecule has 0 saturated heterocycles. The molecule has 1 N–H and O–H groups in total. The van der Waals surface area contributed by atoms with Gasteiger partial charge in [0.05, 0.1) is 6.61 Å². The first-order valence-electron chi connectivity index (χ1n) is 8.24. The van der Waals surface area contributed by atoms with Crippen LogP contribution in [0.5, 0.6) is 0 Å². The van der Waals surface area contributed by atoms with Gasteiger partial charge in [-0.2, -0.15) is 0 Å². The average Bonchev–Trinajstić information content (AvgIpc) is 2.65. The van der Waals surface area contributed by atoms with E-state index < -0.39 is 0 Å². The van der Waals surface area contributed by atoms with Gasteiger partial charge in [0, 0.05) is 19.2 Å². The molecule has 0 atom stereocenters. The van der Waals surface area contributed by atoms with Crippen LogP contribution >= 0.6 is 0 Å². The third kappa shape index (κ3) is 8.93. The van der Waals surface area contributed by atoms with Gasteiger partial charge < -0.3 is 10.1 Å². The van der Waals surface area contributed by atoms with Gasteiger partial charge in [0.2, 0.25) is 0 Å². The second-order valence-electron chi connectivity index (χ2n) is 5.67. The summed E-state index contributed by atoms with van der Waals surface area (Å²) in [4.78, 5) is 0. The van der Waals surface area contributed by atoms with E-state index in [2.05, 4.69) is 12.2 Å². The molecule has 18 heavy (non-hydrogen) atoms. The normalized spacial score (nSPS) is 17.8. The Morgan fingerprint density at radius 1 is 0.889 bits per heavy atom. The van der Waals surface area contributed by atoms with Crippen molar-refractivity contribution in [1.29, 1.82) is 0 Å². The smallest absolute Gasteiger partial charge is 0.0590 e. The van der Waals surface area contributed by atoms with Gasteiger partial charge >= 0.3 is 0 Å². The van der Waals surface area contributed by atoms with Crippen LogP contribution in [0.1, 0.15) is 77.6 Å². The topological polar surface area (TPSA) is 21.3 Å². The highest BCUT2D eigenvalue weighted by Crippen LogP contribution is 2.16. The number of hydrogen-bond donors (Lipinski definition) is 1. The molecule has 1 aliphatic rings. The Kier molecular flexibility index (Phi) is 10.6. The molecule has 0 aromatic heterocycles. The van der Waals surface area contributed by atoms with Crippen molar-refractivity contribution in [2.75, 3.05) is 19.8 Å². The van der Waals surface area contributed by atoms with Gasteiger partial charge in [-0.3, -0.25) is 0 Å². The number of hydrogen-bond acceptors (Lipinski definition) is 2. The molecule has 0 unspecified atom stereocenters. The quantitative estimate of drug-likeness (QED) is 0.464. The maximum absolute atomic E-state index is 5.67. The van der Waals surface area contributed by atoms with E-state index in [0.29, 0.717) is 0 Å². The highest BCUT2D eigenvalue weighted by Gasteiger charge is 2.10. The van der Waals surface area contributed by atoms with E-state index in [-0.39, 0.29) is 0 Å². The standard InChI is InChI=1S/C16H33NO/c1-2-3-4-7-10-14-18-15-13-17-16-11-8-5-6-9-12-16/h16-17H,2-15H2,1H3. The third-order valence-corrected chi connectivity index (χ3v) is 3.93. The van der Waals surface area contributed by atoms with Crippen LogP contribution < -0.4 is 5.32 Å². The lowest BCUT2D eigenvalue weighted by Crippen LogP contribution is -2.31. The van der Waals surface area contributed by atoms with Gasteiger partial charge in [-0.05, 0) is 19.3 Å². The largest absolute Gasteiger partial charge is 0.380 e. The van der Waals surface area contributed by atoms with E-state index in [1.165, 1.54) is 70.6 Å². The Hall–Kier alpha value is -0.0800. The molecule has 0 amide bonds. The molecule has 0 spiro atoms. The lowest BCUT2D eigenvalue weighted by atomic mass is 10.1. The number of nitrogens with one attached hydrogen (secondary N) is 1. The third-order valence-electron chi connectivity index (χ3n) is 3.93. The molecule has 0 aromatic rings. The van der Waals surface area contributed by atoms with Crippen molar-refractivity contribution in [3.63, 3.8) is 0 Å². The zero-order chi connectivity index (χ0) is 12.9. The maximum Gasteiger partial charge on any atom is 0.0590 e. The van der Waals surface area contributed by atoms with E-state index in [1.807, 2.05) is 0 Å². The average molecular weight is 255 g/mol. The minimum atomic E-state index is 0.764. The molecular formula is C16H33NO. The molecule has 2 nitrogen and oxygen atoms in total. The zero-order valence-electron chi connectivity index (χ0n) is 12.4. The van der Waals surface area contributed by atoms with Crippen LogP contribution in [0.25, 0.3) is 0 Å². The number of unbranched alkanes of at least 4 members (excludes halogenated alkanes) is 4. The fourth-order valence-corrected chi connectivity index (χ4v) is 2.73. The molecule has 0 radical (unpaired) electrons. The van der Waals surface area contributed by atoms with Crippen LogP contribution in [0.4, 0.5) is 0 Å². The predicted molar refractivity (Wildman–Crippen MR) is 79.1 cm³/mol. The van der Waals surface area contributed by atoms with Crippen molar-refractivity contribution in [2.45, 2.75) is 83.6 Å². The summed E-state index contributed by atoms with van der Waals surface area (Å²) in [6.07, 6.45) is 15.1. The Labute approximate surface area is 114 Å². The first kappa shape index (κ1) is 16.0. The molecular weight excluding hydrogens is 222 g/mol. The minimum absolute atomic E-state index is 0.764. The first-order chi connectivity index (χ1) is 8.93. The van der Waals surface area contributed by atoms with Crippen molar-refractivity contribution >= 4 is 0 Å². The number of rotatable bonds is 10. The van der Waals surface area contributed by atoms with Crippen molar-refractivity contribution in [3.05, 3.63) is 0 Å². The molecule has 0 aliphatic heterocycles. The fraction of sp³-hybridized carbons (Fsp3) is 1.00. The molecule has 0 bridgehead atoms. The molecule has 1 rings (SSSR count). The molecule has 2 heteroatoms. The van der Waals surface area contributed by atoms with Gasteiger partial charge in [0.25, 0.3) is 0 Å². The van der Waals surface area contributed by atoms with Gasteiger partial charge in [-0.15, -0.1) is 0 Å². The van der Waals surface area contributed by atoms with E-state index in [9.17, 15) is 0 Å². The summed E-state index contributed by atoms with van der Waals surface area (Å²) < 4.78 is 5.67. The van der Waals surface area contributed by atoms with Crippen LogP contribution in [-0.4, -0.2) is 25.8 Å². The molecule has 1 fully saturated rings. The van der Waals surface area contributed by atoms with Crippen LogP contribution in [0.15, 0.2) is 0 Å². The lowest BCUT2D eigenvalue weighted by Gasteiger charge is -2.16. The van der Waals surface area contributed by atoms with Gasteiger partial charge in [0.1, 0.15) is 0 Å². The highest BCUT2D eigenvalue weighted by molar-refractivity contribution is 4.70. The van der Waals surface area contributed by atoms with Crippen LogP contribution in [0.2, 0.25) is 0 Å². The Balaban J connectivity index is 1.80. The summed E-state index contributed by atoms with van der Waals surface area (Å²) in [7, 11) is 0. The molecule has 1 aliphatic carbocycles. The lowest BCUT2D eigenvalue weighted by molar-refractivity contribution is 0.129. The van der Waals surface area contributed by atoms with Crippen LogP contribution in [0, 0.1) is 0 Å². The molecule has 0 heterocycles. The second kappa shape index (κ2) is 12.0. The SMILES string of the molecule is CCCCCCCOCCNC1CCCCCC1.